The van der Waals surface area contributed by atoms with Gasteiger partial charge in [-0.15, -0.1) is 11.8 Å². The Balaban J connectivity index is 2.14. The lowest BCUT2D eigenvalue weighted by atomic mass is 10.1. The van der Waals surface area contributed by atoms with Crippen molar-refractivity contribution in [3.63, 3.8) is 0 Å². The van der Waals surface area contributed by atoms with Gasteiger partial charge >= 0.3 is 0 Å². The number of aliphatic hydroxyl groups excluding tert-OH is 1. The molecule has 1 unspecified atom stereocenters. The van der Waals surface area contributed by atoms with Gasteiger partial charge in [-0.1, -0.05) is 30.3 Å². The molecule has 0 spiro atoms. The molecule has 0 amide bonds. The quantitative estimate of drug-likeness (QED) is 0.834. The maximum absolute atomic E-state index is 13.2. The van der Waals surface area contributed by atoms with Gasteiger partial charge in [0.05, 0.1) is 6.10 Å². The Bertz CT molecular complexity index is 511. The highest BCUT2D eigenvalue weighted by molar-refractivity contribution is 7.98. The molecule has 1 nitrogen and oxygen atoms in total. The van der Waals surface area contributed by atoms with Crippen molar-refractivity contribution in [3.8, 4) is 0 Å². The SMILES string of the molecule is CC(O)c1cc(F)ccc1SCc1ccccc1. The van der Waals surface area contributed by atoms with Crippen LogP contribution >= 0.6 is 11.8 Å². The topological polar surface area (TPSA) is 20.2 Å². The average molecular weight is 262 g/mol. The minimum atomic E-state index is -0.654. The number of rotatable bonds is 4. The number of benzene rings is 2. The van der Waals surface area contributed by atoms with Crippen LogP contribution in [0.4, 0.5) is 4.39 Å². The third kappa shape index (κ3) is 3.34. The van der Waals surface area contributed by atoms with E-state index in [0.29, 0.717) is 5.56 Å². The average Bonchev–Trinajstić information content (AvgIpc) is 2.38. The van der Waals surface area contributed by atoms with Crippen LogP contribution in [0.2, 0.25) is 0 Å². The maximum Gasteiger partial charge on any atom is 0.123 e. The number of hydrogen-bond donors (Lipinski definition) is 1. The van der Waals surface area contributed by atoms with E-state index in [1.807, 2.05) is 18.2 Å². The minimum Gasteiger partial charge on any atom is -0.389 e. The second-order valence-corrected chi connectivity index (χ2v) is 5.15. The second kappa shape index (κ2) is 6.03. The molecule has 1 N–H and O–H groups in total. The van der Waals surface area contributed by atoms with Crippen molar-refractivity contribution in [2.75, 3.05) is 0 Å². The Kier molecular flexibility index (Phi) is 4.39. The van der Waals surface area contributed by atoms with Crippen LogP contribution in [0.1, 0.15) is 24.2 Å². The normalized spacial score (nSPS) is 12.4. The van der Waals surface area contributed by atoms with Crippen LogP contribution in [0.5, 0.6) is 0 Å². The summed E-state index contributed by atoms with van der Waals surface area (Å²) in [6, 6.07) is 14.6. The van der Waals surface area contributed by atoms with Gasteiger partial charge in [0.2, 0.25) is 0 Å². The van der Waals surface area contributed by atoms with Crippen molar-refractivity contribution in [1.29, 1.82) is 0 Å². The zero-order chi connectivity index (χ0) is 13.0. The van der Waals surface area contributed by atoms with Gasteiger partial charge < -0.3 is 5.11 Å². The Morgan fingerprint density at radius 1 is 1.17 bits per heavy atom. The Morgan fingerprint density at radius 3 is 2.56 bits per heavy atom. The second-order valence-electron chi connectivity index (χ2n) is 4.13. The molecule has 0 aliphatic rings. The molecule has 0 aromatic heterocycles. The van der Waals surface area contributed by atoms with Crippen LogP contribution in [0.15, 0.2) is 53.4 Å². The summed E-state index contributed by atoms with van der Waals surface area (Å²) in [5.74, 6) is 0.501. The molecular formula is C15H15FOS. The van der Waals surface area contributed by atoms with E-state index in [2.05, 4.69) is 12.1 Å². The van der Waals surface area contributed by atoms with Crippen LogP contribution in [0.25, 0.3) is 0 Å². The lowest BCUT2D eigenvalue weighted by Crippen LogP contribution is -1.95. The highest BCUT2D eigenvalue weighted by Gasteiger charge is 2.09. The fourth-order valence-electron chi connectivity index (χ4n) is 1.71. The Morgan fingerprint density at radius 2 is 1.89 bits per heavy atom. The van der Waals surface area contributed by atoms with Crippen LogP contribution < -0.4 is 0 Å². The van der Waals surface area contributed by atoms with Gasteiger partial charge in [0, 0.05) is 10.6 Å². The monoisotopic (exact) mass is 262 g/mol. The number of thioether (sulfide) groups is 1. The zero-order valence-electron chi connectivity index (χ0n) is 10.1. The van der Waals surface area contributed by atoms with Crippen molar-refractivity contribution in [2.24, 2.45) is 0 Å². The molecule has 0 aliphatic heterocycles. The first-order chi connectivity index (χ1) is 8.66. The molecular weight excluding hydrogens is 247 g/mol. The summed E-state index contributed by atoms with van der Waals surface area (Å²) in [4.78, 5) is 0.926. The molecule has 2 aromatic rings. The van der Waals surface area contributed by atoms with E-state index in [1.165, 1.54) is 17.7 Å². The summed E-state index contributed by atoms with van der Waals surface area (Å²) in [7, 11) is 0. The van der Waals surface area contributed by atoms with Crippen LogP contribution in [0, 0.1) is 5.82 Å². The Hall–Kier alpha value is -1.32. The predicted molar refractivity (Wildman–Crippen MR) is 73.0 cm³/mol. The molecule has 0 aliphatic carbocycles. The maximum atomic E-state index is 13.2. The molecule has 0 radical (unpaired) electrons. The van der Waals surface area contributed by atoms with Crippen LogP contribution in [0.3, 0.4) is 0 Å². The summed E-state index contributed by atoms with van der Waals surface area (Å²) in [5, 5.41) is 9.65. The van der Waals surface area contributed by atoms with E-state index in [0.717, 1.165) is 10.6 Å². The van der Waals surface area contributed by atoms with Gasteiger partial charge in [-0.2, -0.15) is 0 Å². The molecule has 1 atom stereocenters. The summed E-state index contributed by atoms with van der Waals surface area (Å²) < 4.78 is 13.2. The fourth-order valence-corrected chi connectivity index (χ4v) is 2.79. The lowest BCUT2D eigenvalue weighted by Gasteiger charge is -2.11. The van der Waals surface area contributed by atoms with Crippen molar-refractivity contribution < 1.29 is 9.50 Å². The van der Waals surface area contributed by atoms with Crippen molar-refractivity contribution in [1.82, 2.24) is 0 Å². The van der Waals surface area contributed by atoms with Gasteiger partial charge in [-0.25, -0.2) is 4.39 Å². The van der Waals surface area contributed by atoms with Gasteiger partial charge in [-0.05, 0) is 36.2 Å². The van der Waals surface area contributed by atoms with Crippen LogP contribution in [-0.4, -0.2) is 5.11 Å². The smallest absolute Gasteiger partial charge is 0.123 e. The molecule has 0 bridgehead atoms. The molecule has 94 valence electrons. The highest BCUT2D eigenvalue weighted by atomic mass is 32.2. The third-order valence-electron chi connectivity index (χ3n) is 2.66. The van der Waals surface area contributed by atoms with E-state index in [4.69, 9.17) is 0 Å². The van der Waals surface area contributed by atoms with Gasteiger partial charge in [0.1, 0.15) is 5.82 Å². The summed E-state index contributed by atoms with van der Waals surface area (Å²) >= 11 is 1.61. The number of halogens is 1. The highest BCUT2D eigenvalue weighted by Crippen LogP contribution is 2.30. The summed E-state index contributed by atoms with van der Waals surface area (Å²) in [6.45, 7) is 1.65. The molecule has 3 heteroatoms. The van der Waals surface area contributed by atoms with Gasteiger partial charge in [0.15, 0.2) is 0 Å². The first kappa shape index (κ1) is 13.1. The van der Waals surface area contributed by atoms with E-state index < -0.39 is 6.10 Å². The molecule has 0 fully saturated rings. The molecule has 0 saturated heterocycles. The van der Waals surface area contributed by atoms with E-state index >= 15 is 0 Å². The van der Waals surface area contributed by atoms with Crippen molar-refractivity contribution in [2.45, 2.75) is 23.7 Å². The van der Waals surface area contributed by atoms with Crippen LogP contribution in [-0.2, 0) is 5.75 Å². The molecule has 0 heterocycles. The third-order valence-corrected chi connectivity index (χ3v) is 3.82. The Labute approximate surface area is 111 Å². The summed E-state index contributed by atoms with van der Waals surface area (Å²) in [6.07, 6.45) is -0.654. The largest absolute Gasteiger partial charge is 0.389 e. The van der Waals surface area contributed by atoms with E-state index in [1.54, 1.807) is 24.8 Å². The number of aliphatic hydroxyl groups is 1. The van der Waals surface area contributed by atoms with Gasteiger partial charge in [0.25, 0.3) is 0 Å². The summed E-state index contributed by atoms with van der Waals surface area (Å²) in [5.41, 5.74) is 1.86. The lowest BCUT2D eigenvalue weighted by molar-refractivity contribution is 0.196. The fraction of sp³-hybridized carbons (Fsp3) is 0.200. The molecule has 0 saturated carbocycles. The predicted octanol–water partition coefficient (Wildman–Crippen LogP) is 4.17. The first-order valence-electron chi connectivity index (χ1n) is 5.81. The zero-order valence-corrected chi connectivity index (χ0v) is 11.0. The van der Waals surface area contributed by atoms with Gasteiger partial charge in [-0.3, -0.25) is 0 Å². The van der Waals surface area contributed by atoms with E-state index in [-0.39, 0.29) is 5.82 Å². The first-order valence-corrected chi connectivity index (χ1v) is 6.79. The standard InChI is InChI=1S/C15H15FOS/c1-11(17)14-9-13(16)7-8-15(14)18-10-12-5-3-2-4-6-12/h2-9,11,17H,10H2,1H3. The minimum absolute atomic E-state index is 0.310. The molecule has 2 aromatic carbocycles. The van der Waals surface area contributed by atoms with E-state index in [9.17, 15) is 9.50 Å². The molecule has 2 rings (SSSR count). The van der Waals surface area contributed by atoms with Crippen molar-refractivity contribution in [3.05, 3.63) is 65.5 Å². The van der Waals surface area contributed by atoms with Crippen molar-refractivity contribution >= 4 is 11.8 Å². The number of hydrogen-bond acceptors (Lipinski definition) is 2. The molecule has 18 heavy (non-hydrogen) atoms.